The predicted octanol–water partition coefficient (Wildman–Crippen LogP) is 4.67. The standard InChI is InChI=1S/C29H35NO5/c1-17-7-8-23-27(4,11-9-22-26(2,3)24(31)10-12-28(22,23)33)29(17)15-19-21(35-29)14-20(34-25(19)32)18-6-5-13-30-16-18/h5-7,13-14,16,22-24,31,33H,8-12,15H2,1-4H3/t22-,23-,24-,27+,28+,29-/m0/s1. The molecule has 4 aliphatic rings. The summed E-state index contributed by atoms with van der Waals surface area (Å²) >= 11 is 0. The molecule has 0 amide bonds. The Kier molecular flexibility index (Phi) is 4.79. The van der Waals surface area contributed by atoms with Crippen molar-refractivity contribution in [2.75, 3.05) is 0 Å². The van der Waals surface area contributed by atoms with Crippen LogP contribution in [0.2, 0.25) is 0 Å². The molecule has 1 aliphatic heterocycles. The molecule has 0 saturated heterocycles. The lowest BCUT2D eigenvalue weighted by molar-refractivity contribution is -0.247. The summed E-state index contributed by atoms with van der Waals surface area (Å²) in [5, 5.41) is 23.1. The van der Waals surface area contributed by atoms with Gasteiger partial charge in [-0.3, -0.25) is 4.98 Å². The first-order chi connectivity index (χ1) is 16.5. The maximum atomic E-state index is 13.2. The fourth-order valence-corrected chi connectivity index (χ4v) is 8.27. The predicted molar refractivity (Wildman–Crippen MR) is 132 cm³/mol. The van der Waals surface area contributed by atoms with E-state index in [0.717, 1.165) is 30.4 Å². The van der Waals surface area contributed by atoms with E-state index in [2.05, 4.69) is 38.8 Å². The number of aliphatic hydroxyl groups excluding tert-OH is 1. The van der Waals surface area contributed by atoms with Crippen LogP contribution >= 0.6 is 0 Å². The van der Waals surface area contributed by atoms with Gasteiger partial charge >= 0.3 is 5.63 Å². The van der Waals surface area contributed by atoms with Gasteiger partial charge in [-0.15, -0.1) is 0 Å². The lowest BCUT2D eigenvalue weighted by Gasteiger charge is -2.66. The number of fused-ring (bicyclic) bond motifs is 5. The van der Waals surface area contributed by atoms with Crippen molar-refractivity contribution in [1.29, 1.82) is 0 Å². The van der Waals surface area contributed by atoms with Gasteiger partial charge in [-0.05, 0) is 68.1 Å². The van der Waals surface area contributed by atoms with E-state index in [1.54, 1.807) is 12.4 Å². The second-order valence-electron chi connectivity index (χ2n) is 12.1. The van der Waals surface area contributed by atoms with Crippen molar-refractivity contribution in [3.63, 3.8) is 0 Å². The van der Waals surface area contributed by atoms with Crippen molar-refractivity contribution in [3.05, 3.63) is 58.2 Å². The number of pyridine rings is 1. The minimum absolute atomic E-state index is 0.0201. The van der Waals surface area contributed by atoms with E-state index < -0.39 is 17.3 Å². The zero-order valence-corrected chi connectivity index (χ0v) is 21.0. The van der Waals surface area contributed by atoms with Gasteiger partial charge in [-0.25, -0.2) is 4.79 Å². The average molecular weight is 478 g/mol. The van der Waals surface area contributed by atoms with Crippen LogP contribution in [0.4, 0.5) is 0 Å². The Balaban J connectivity index is 1.44. The van der Waals surface area contributed by atoms with E-state index in [9.17, 15) is 15.0 Å². The highest BCUT2D eigenvalue weighted by atomic mass is 16.5. The van der Waals surface area contributed by atoms with Gasteiger partial charge in [-0.1, -0.05) is 26.8 Å². The lowest BCUT2D eigenvalue weighted by Crippen LogP contribution is -2.70. The van der Waals surface area contributed by atoms with Crippen molar-refractivity contribution < 1.29 is 19.4 Å². The van der Waals surface area contributed by atoms with Crippen LogP contribution in [0, 0.1) is 22.7 Å². The highest BCUT2D eigenvalue weighted by Crippen LogP contribution is 2.67. The first kappa shape index (κ1) is 23.0. The minimum Gasteiger partial charge on any atom is -0.481 e. The van der Waals surface area contributed by atoms with Gasteiger partial charge in [0.25, 0.3) is 0 Å². The Morgan fingerprint density at radius 3 is 2.69 bits per heavy atom. The Labute approximate surface area is 206 Å². The third-order valence-electron chi connectivity index (χ3n) is 10.4. The first-order valence-corrected chi connectivity index (χ1v) is 12.9. The zero-order valence-electron chi connectivity index (χ0n) is 21.0. The normalized spacial score (nSPS) is 39.3. The molecule has 2 fully saturated rings. The number of aromatic nitrogens is 1. The fourth-order valence-electron chi connectivity index (χ4n) is 8.27. The summed E-state index contributed by atoms with van der Waals surface area (Å²) in [6.07, 6.45) is 9.25. The molecule has 35 heavy (non-hydrogen) atoms. The SMILES string of the molecule is CC1=CC[C@@H]2[C@@]3(O)CC[C@H](O)C(C)(C)[C@@H]3CC[C@@]2(C)[C@]12Cc1c(cc(-c3cccnc3)oc1=O)O2. The second kappa shape index (κ2) is 7.30. The number of ether oxygens (including phenoxy) is 1. The molecule has 2 aromatic rings. The van der Waals surface area contributed by atoms with E-state index in [4.69, 9.17) is 9.15 Å². The summed E-state index contributed by atoms with van der Waals surface area (Å²) in [6, 6.07) is 5.50. The third kappa shape index (κ3) is 2.90. The van der Waals surface area contributed by atoms with Crippen molar-refractivity contribution in [2.45, 2.75) is 83.5 Å². The molecule has 6 rings (SSSR count). The van der Waals surface area contributed by atoms with Gasteiger partial charge in [0.15, 0.2) is 0 Å². The molecule has 2 N–H and O–H groups in total. The summed E-state index contributed by atoms with van der Waals surface area (Å²) in [7, 11) is 0. The van der Waals surface area contributed by atoms with Gasteiger partial charge in [-0.2, -0.15) is 0 Å². The number of aliphatic hydroxyl groups is 2. The van der Waals surface area contributed by atoms with Gasteiger partial charge in [0.2, 0.25) is 0 Å². The number of hydrogen-bond donors (Lipinski definition) is 2. The summed E-state index contributed by atoms with van der Waals surface area (Å²) in [5.41, 5.74) is -0.259. The van der Waals surface area contributed by atoms with E-state index in [1.165, 1.54) is 0 Å². The van der Waals surface area contributed by atoms with Crippen LogP contribution in [0.1, 0.15) is 65.4 Å². The molecule has 0 aromatic carbocycles. The molecule has 0 bridgehead atoms. The lowest BCUT2D eigenvalue weighted by atomic mass is 9.41. The Hall–Kier alpha value is -2.44. The average Bonchev–Trinajstić information content (AvgIpc) is 3.23. The van der Waals surface area contributed by atoms with E-state index >= 15 is 0 Å². The summed E-state index contributed by atoms with van der Waals surface area (Å²) < 4.78 is 12.6. The molecule has 6 atom stereocenters. The molecular weight excluding hydrogens is 442 g/mol. The van der Waals surface area contributed by atoms with Crippen LogP contribution in [0.5, 0.6) is 5.75 Å². The maximum Gasteiger partial charge on any atom is 0.343 e. The maximum absolute atomic E-state index is 13.2. The van der Waals surface area contributed by atoms with Crippen molar-refractivity contribution >= 4 is 0 Å². The summed E-state index contributed by atoms with van der Waals surface area (Å²) in [4.78, 5) is 17.3. The smallest absolute Gasteiger partial charge is 0.343 e. The molecular formula is C29H35NO5. The number of allylic oxidation sites excluding steroid dienone is 1. The van der Waals surface area contributed by atoms with Crippen LogP contribution in [-0.4, -0.2) is 32.5 Å². The summed E-state index contributed by atoms with van der Waals surface area (Å²) in [6.45, 7) is 8.54. The molecule has 1 spiro atoms. The van der Waals surface area contributed by atoms with Crippen molar-refractivity contribution in [2.24, 2.45) is 22.7 Å². The van der Waals surface area contributed by atoms with Crippen LogP contribution < -0.4 is 10.4 Å². The van der Waals surface area contributed by atoms with Crippen LogP contribution in [0.25, 0.3) is 11.3 Å². The Morgan fingerprint density at radius 2 is 1.94 bits per heavy atom. The topological polar surface area (TPSA) is 92.8 Å². The first-order valence-electron chi connectivity index (χ1n) is 12.9. The van der Waals surface area contributed by atoms with Gasteiger partial charge in [0.05, 0.1) is 17.3 Å². The van der Waals surface area contributed by atoms with Crippen molar-refractivity contribution in [3.8, 4) is 17.1 Å². The van der Waals surface area contributed by atoms with Gasteiger partial charge < -0.3 is 19.4 Å². The van der Waals surface area contributed by atoms with Gasteiger partial charge in [0.1, 0.15) is 17.1 Å². The number of nitrogens with zero attached hydrogens (tertiary/aromatic N) is 1. The highest BCUT2D eigenvalue weighted by molar-refractivity contribution is 5.59. The van der Waals surface area contributed by atoms with E-state index in [1.807, 2.05) is 18.2 Å². The largest absolute Gasteiger partial charge is 0.481 e. The van der Waals surface area contributed by atoms with Crippen LogP contribution in [0.15, 0.2) is 51.5 Å². The van der Waals surface area contributed by atoms with Gasteiger partial charge in [0, 0.05) is 41.8 Å². The molecule has 2 aromatic heterocycles. The second-order valence-corrected chi connectivity index (χ2v) is 12.1. The zero-order chi connectivity index (χ0) is 24.8. The third-order valence-corrected chi connectivity index (χ3v) is 10.4. The number of hydrogen-bond acceptors (Lipinski definition) is 6. The highest BCUT2D eigenvalue weighted by Gasteiger charge is 2.69. The van der Waals surface area contributed by atoms with Crippen LogP contribution in [0.3, 0.4) is 0 Å². The molecule has 2 saturated carbocycles. The molecule has 3 aliphatic carbocycles. The Morgan fingerprint density at radius 1 is 1.14 bits per heavy atom. The number of rotatable bonds is 1. The quantitative estimate of drug-likeness (QED) is 0.580. The molecule has 0 radical (unpaired) electrons. The monoisotopic (exact) mass is 477 g/mol. The van der Waals surface area contributed by atoms with E-state index in [0.29, 0.717) is 36.3 Å². The molecule has 186 valence electrons. The molecule has 0 unspecified atom stereocenters. The molecule has 6 nitrogen and oxygen atoms in total. The van der Waals surface area contributed by atoms with Crippen molar-refractivity contribution in [1.82, 2.24) is 4.98 Å². The minimum atomic E-state index is -0.885. The van der Waals surface area contributed by atoms with E-state index in [-0.39, 0.29) is 28.3 Å². The van der Waals surface area contributed by atoms with Crippen LogP contribution in [-0.2, 0) is 6.42 Å². The molecule has 3 heterocycles. The Bertz CT molecular complexity index is 1270. The molecule has 6 heteroatoms. The summed E-state index contributed by atoms with van der Waals surface area (Å²) in [5.74, 6) is 1.02. The fraction of sp³-hybridized carbons (Fsp3) is 0.586.